The molecule has 1 aliphatic heterocycles. The Balaban J connectivity index is 1.89. The van der Waals surface area contributed by atoms with E-state index in [1.165, 1.54) is 24.0 Å². The maximum atomic E-state index is 4.33. The van der Waals surface area contributed by atoms with E-state index in [0.717, 1.165) is 12.2 Å². The van der Waals surface area contributed by atoms with Gasteiger partial charge in [0, 0.05) is 11.7 Å². The van der Waals surface area contributed by atoms with Gasteiger partial charge in [0.2, 0.25) is 0 Å². The first kappa shape index (κ1) is 11.5. The van der Waals surface area contributed by atoms with Gasteiger partial charge in [0.15, 0.2) is 0 Å². The van der Waals surface area contributed by atoms with Gasteiger partial charge >= 0.3 is 0 Å². The maximum absolute atomic E-state index is 4.33. The van der Waals surface area contributed by atoms with Crippen LogP contribution in [0.3, 0.4) is 0 Å². The van der Waals surface area contributed by atoms with Gasteiger partial charge < -0.3 is 5.32 Å². The Morgan fingerprint density at radius 3 is 2.61 bits per heavy atom. The predicted molar refractivity (Wildman–Crippen MR) is 72.9 cm³/mol. The topological polar surface area (TPSA) is 29.9 Å². The summed E-state index contributed by atoms with van der Waals surface area (Å²) in [6.45, 7) is 5.46. The van der Waals surface area contributed by atoms with Crippen LogP contribution in [-0.4, -0.2) is 16.3 Å². The highest BCUT2D eigenvalue weighted by Gasteiger charge is 2.29. The van der Waals surface area contributed by atoms with Gasteiger partial charge in [0.05, 0.1) is 11.9 Å². The molecule has 0 bridgehead atoms. The fourth-order valence-corrected chi connectivity index (χ4v) is 2.68. The SMILES string of the molecule is Cc1cnn(-c2ccc(C3(C)CCCN3)cc2)c1. The molecule has 0 spiro atoms. The number of hydrogen-bond donors (Lipinski definition) is 1. The number of rotatable bonds is 2. The largest absolute Gasteiger partial charge is 0.308 e. The molecule has 1 fully saturated rings. The predicted octanol–water partition coefficient (Wildman–Crippen LogP) is 2.78. The second-order valence-electron chi connectivity index (χ2n) is 5.37. The smallest absolute Gasteiger partial charge is 0.0645 e. The third-order valence-corrected chi connectivity index (χ3v) is 3.85. The van der Waals surface area contributed by atoms with Gasteiger partial charge in [-0.05, 0) is 56.5 Å². The minimum absolute atomic E-state index is 0.151. The van der Waals surface area contributed by atoms with Crippen molar-refractivity contribution in [1.82, 2.24) is 15.1 Å². The summed E-state index contributed by atoms with van der Waals surface area (Å²) in [6, 6.07) is 8.72. The normalized spacial score (nSPS) is 23.4. The van der Waals surface area contributed by atoms with Crippen LogP contribution in [0.4, 0.5) is 0 Å². The Labute approximate surface area is 108 Å². The van der Waals surface area contributed by atoms with Crippen LogP contribution in [0.15, 0.2) is 36.7 Å². The summed E-state index contributed by atoms with van der Waals surface area (Å²) in [4.78, 5) is 0. The molecule has 2 aromatic rings. The summed E-state index contributed by atoms with van der Waals surface area (Å²) in [7, 11) is 0. The molecular formula is C15H19N3. The molecule has 0 amide bonds. The molecule has 3 rings (SSSR count). The van der Waals surface area contributed by atoms with Crippen molar-refractivity contribution in [1.29, 1.82) is 0 Å². The van der Waals surface area contributed by atoms with Crippen molar-refractivity contribution in [2.75, 3.05) is 6.54 Å². The minimum atomic E-state index is 0.151. The summed E-state index contributed by atoms with van der Waals surface area (Å²) in [6.07, 6.45) is 6.40. The Hall–Kier alpha value is -1.61. The van der Waals surface area contributed by atoms with Crippen molar-refractivity contribution in [3.63, 3.8) is 0 Å². The molecule has 1 saturated heterocycles. The summed E-state index contributed by atoms with van der Waals surface area (Å²) in [5, 5.41) is 7.92. The molecule has 0 saturated carbocycles. The van der Waals surface area contributed by atoms with Gasteiger partial charge in [-0.15, -0.1) is 0 Å². The first-order valence-corrected chi connectivity index (χ1v) is 6.55. The van der Waals surface area contributed by atoms with Crippen molar-refractivity contribution in [2.45, 2.75) is 32.2 Å². The Kier molecular flexibility index (Phi) is 2.71. The Morgan fingerprint density at radius 2 is 2.06 bits per heavy atom. The van der Waals surface area contributed by atoms with Crippen LogP contribution >= 0.6 is 0 Å². The number of hydrogen-bond acceptors (Lipinski definition) is 2. The van der Waals surface area contributed by atoms with Crippen molar-refractivity contribution in [3.8, 4) is 5.69 Å². The van der Waals surface area contributed by atoms with E-state index in [-0.39, 0.29) is 5.54 Å². The van der Waals surface area contributed by atoms with E-state index >= 15 is 0 Å². The fraction of sp³-hybridized carbons (Fsp3) is 0.400. The van der Waals surface area contributed by atoms with E-state index < -0.39 is 0 Å². The maximum Gasteiger partial charge on any atom is 0.0645 e. The highest BCUT2D eigenvalue weighted by Crippen LogP contribution is 2.30. The molecule has 1 aliphatic rings. The number of benzene rings is 1. The highest BCUT2D eigenvalue weighted by molar-refractivity contribution is 5.37. The summed E-state index contributed by atoms with van der Waals surface area (Å²) < 4.78 is 1.92. The van der Waals surface area contributed by atoms with Gasteiger partial charge in [-0.1, -0.05) is 12.1 Å². The fourth-order valence-electron chi connectivity index (χ4n) is 2.68. The zero-order valence-corrected chi connectivity index (χ0v) is 11.0. The van der Waals surface area contributed by atoms with Crippen molar-refractivity contribution in [2.24, 2.45) is 0 Å². The van der Waals surface area contributed by atoms with E-state index in [1.807, 2.05) is 17.1 Å². The molecule has 3 heteroatoms. The van der Waals surface area contributed by atoms with E-state index in [4.69, 9.17) is 0 Å². The minimum Gasteiger partial charge on any atom is -0.308 e. The lowest BCUT2D eigenvalue weighted by atomic mass is 9.90. The molecular weight excluding hydrogens is 222 g/mol. The van der Waals surface area contributed by atoms with E-state index in [0.29, 0.717) is 0 Å². The van der Waals surface area contributed by atoms with Crippen LogP contribution in [0.2, 0.25) is 0 Å². The average molecular weight is 241 g/mol. The average Bonchev–Trinajstić information content (AvgIpc) is 3.00. The first-order valence-electron chi connectivity index (χ1n) is 6.55. The number of nitrogens with zero attached hydrogens (tertiary/aromatic N) is 2. The van der Waals surface area contributed by atoms with Gasteiger partial charge in [-0.3, -0.25) is 0 Å². The lowest BCUT2D eigenvalue weighted by Gasteiger charge is -2.25. The molecule has 94 valence electrons. The standard InChI is InChI=1S/C15H19N3/c1-12-10-17-18(11-12)14-6-4-13(5-7-14)15(2)8-3-9-16-15/h4-7,10-11,16H,3,8-9H2,1-2H3. The molecule has 1 unspecified atom stereocenters. The van der Waals surface area contributed by atoms with Gasteiger partial charge in [0.1, 0.15) is 0 Å². The van der Waals surface area contributed by atoms with E-state index in [1.54, 1.807) is 0 Å². The monoisotopic (exact) mass is 241 g/mol. The van der Waals surface area contributed by atoms with Crippen LogP contribution in [0.1, 0.15) is 30.9 Å². The van der Waals surface area contributed by atoms with Crippen molar-refractivity contribution >= 4 is 0 Å². The second kappa shape index (κ2) is 4.25. The number of aromatic nitrogens is 2. The van der Waals surface area contributed by atoms with Crippen LogP contribution in [0.5, 0.6) is 0 Å². The molecule has 2 heterocycles. The molecule has 0 aliphatic carbocycles. The van der Waals surface area contributed by atoms with Crippen LogP contribution < -0.4 is 5.32 Å². The Bertz CT molecular complexity index is 533. The quantitative estimate of drug-likeness (QED) is 0.876. The van der Waals surface area contributed by atoms with Gasteiger partial charge in [-0.2, -0.15) is 5.10 Å². The van der Waals surface area contributed by atoms with Crippen LogP contribution in [-0.2, 0) is 5.54 Å². The summed E-state index contributed by atoms with van der Waals surface area (Å²) >= 11 is 0. The van der Waals surface area contributed by atoms with E-state index in [9.17, 15) is 0 Å². The van der Waals surface area contributed by atoms with Crippen molar-refractivity contribution in [3.05, 3.63) is 47.8 Å². The molecule has 1 atom stereocenters. The lowest BCUT2D eigenvalue weighted by Crippen LogP contribution is -2.32. The molecule has 1 aromatic heterocycles. The first-order chi connectivity index (χ1) is 8.67. The third kappa shape index (κ3) is 1.95. The van der Waals surface area contributed by atoms with E-state index in [2.05, 4.69) is 48.5 Å². The lowest BCUT2D eigenvalue weighted by molar-refractivity contribution is 0.434. The zero-order chi connectivity index (χ0) is 12.6. The third-order valence-electron chi connectivity index (χ3n) is 3.85. The second-order valence-corrected chi connectivity index (χ2v) is 5.37. The molecule has 3 nitrogen and oxygen atoms in total. The summed E-state index contributed by atoms with van der Waals surface area (Å²) in [5.74, 6) is 0. The van der Waals surface area contributed by atoms with Crippen LogP contribution in [0, 0.1) is 6.92 Å². The molecule has 18 heavy (non-hydrogen) atoms. The Morgan fingerprint density at radius 1 is 1.28 bits per heavy atom. The molecule has 0 radical (unpaired) electrons. The van der Waals surface area contributed by atoms with Gasteiger partial charge in [0.25, 0.3) is 0 Å². The molecule has 1 N–H and O–H groups in total. The highest BCUT2D eigenvalue weighted by atomic mass is 15.3. The van der Waals surface area contributed by atoms with Gasteiger partial charge in [-0.25, -0.2) is 4.68 Å². The summed E-state index contributed by atoms with van der Waals surface area (Å²) in [5.41, 5.74) is 3.82. The van der Waals surface area contributed by atoms with Crippen LogP contribution in [0.25, 0.3) is 5.69 Å². The molecule has 1 aromatic carbocycles. The van der Waals surface area contributed by atoms with Crippen molar-refractivity contribution < 1.29 is 0 Å². The number of aryl methyl sites for hydroxylation is 1. The number of nitrogens with one attached hydrogen (secondary N) is 1. The zero-order valence-electron chi connectivity index (χ0n) is 11.0.